The smallest absolute Gasteiger partial charge is 0.254 e. The molecule has 0 radical (unpaired) electrons. The summed E-state index contributed by atoms with van der Waals surface area (Å²) < 4.78 is 7.02. The summed E-state index contributed by atoms with van der Waals surface area (Å²) >= 11 is 3.47. The molecule has 1 aromatic rings. The maximum absolute atomic E-state index is 12.6. The first kappa shape index (κ1) is 18.0. The number of hydrogen-bond donors (Lipinski definition) is 1. The molecule has 2 aliphatic heterocycles. The molecular weight excluding hydrogens is 396 g/mol. The van der Waals surface area contributed by atoms with Crippen LogP contribution in [0.5, 0.6) is 0 Å². The number of aryl methyl sites for hydroxylation is 1. The van der Waals surface area contributed by atoms with Gasteiger partial charge in [0.25, 0.3) is 5.91 Å². The van der Waals surface area contributed by atoms with Crippen molar-refractivity contribution in [3.8, 4) is 0 Å². The number of halogens is 1. The Hall–Kier alpha value is -1.40. The van der Waals surface area contributed by atoms with E-state index in [1.807, 2.05) is 30.0 Å². The van der Waals surface area contributed by atoms with Crippen molar-refractivity contribution in [1.82, 2.24) is 10.2 Å². The van der Waals surface area contributed by atoms with Gasteiger partial charge in [-0.3, -0.25) is 9.59 Å². The normalized spacial score (nSPS) is 23.8. The molecular formula is C20H25BrN2O3. The fourth-order valence-electron chi connectivity index (χ4n) is 3.96. The molecule has 0 bridgehead atoms. The molecule has 6 heteroatoms. The first-order chi connectivity index (χ1) is 12.4. The first-order valence-corrected chi connectivity index (χ1v) is 10.2. The number of carbonyl (C=O) groups excluding carboxylic acids is 2. The number of benzene rings is 1. The minimum atomic E-state index is -0.235. The summed E-state index contributed by atoms with van der Waals surface area (Å²) in [6.07, 6.45) is 3.90. The highest BCUT2D eigenvalue weighted by Crippen LogP contribution is 2.39. The maximum Gasteiger partial charge on any atom is 0.254 e. The minimum Gasteiger partial charge on any atom is -0.371 e. The number of carbonyl (C=O) groups is 2. The van der Waals surface area contributed by atoms with Gasteiger partial charge >= 0.3 is 0 Å². The summed E-state index contributed by atoms with van der Waals surface area (Å²) in [6.45, 7) is 4.68. The first-order valence-electron chi connectivity index (χ1n) is 9.40. The van der Waals surface area contributed by atoms with Gasteiger partial charge in [0.05, 0.1) is 19.7 Å². The fraction of sp³-hybridized carbons (Fsp3) is 0.600. The summed E-state index contributed by atoms with van der Waals surface area (Å²) in [7, 11) is 0. The lowest BCUT2D eigenvalue weighted by Crippen LogP contribution is -2.63. The summed E-state index contributed by atoms with van der Waals surface area (Å²) in [5.41, 5.74) is 1.54. The topological polar surface area (TPSA) is 58.6 Å². The number of likely N-dealkylation sites (tertiary alicyclic amines) is 1. The average Bonchev–Trinajstić information content (AvgIpc) is 3.32. The second-order valence-electron chi connectivity index (χ2n) is 8.14. The maximum atomic E-state index is 12.6. The molecule has 1 aromatic carbocycles. The largest absolute Gasteiger partial charge is 0.371 e. The van der Waals surface area contributed by atoms with Crippen LogP contribution in [-0.2, 0) is 9.53 Å². The van der Waals surface area contributed by atoms with E-state index in [1.54, 1.807) is 0 Å². The summed E-state index contributed by atoms with van der Waals surface area (Å²) in [6, 6.07) is 5.69. The molecule has 4 rings (SSSR count). The highest BCUT2D eigenvalue weighted by atomic mass is 79.9. The molecule has 1 spiro atoms. The third kappa shape index (κ3) is 3.81. The Morgan fingerprint density at radius 1 is 1.31 bits per heavy atom. The van der Waals surface area contributed by atoms with E-state index in [0.29, 0.717) is 32.0 Å². The molecule has 2 heterocycles. The molecule has 1 atom stereocenters. The zero-order chi connectivity index (χ0) is 18.3. The Labute approximate surface area is 162 Å². The van der Waals surface area contributed by atoms with Crippen molar-refractivity contribution in [2.24, 2.45) is 11.8 Å². The van der Waals surface area contributed by atoms with Gasteiger partial charge in [-0.2, -0.15) is 0 Å². The van der Waals surface area contributed by atoms with Crippen LogP contribution < -0.4 is 5.32 Å². The van der Waals surface area contributed by atoms with E-state index in [2.05, 4.69) is 21.2 Å². The molecule has 2 amide bonds. The van der Waals surface area contributed by atoms with E-state index < -0.39 is 0 Å². The van der Waals surface area contributed by atoms with E-state index >= 15 is 0 Å². The molecule has 1 N–H and O–H groups in total. The molecule has 3 aliphatic rings. The van der Waals surface area contributed by atoms with E-state index in [1.165, 1.54) is 12.8 Å². The van der Waals surface area contributed by atoms with Crippen LogP contribution in [0.15, 0.2) is 22.7 Å². The molecule has 140 valence electrons. The lowest BCUT2D eigenvalue weighted by molar-refractivity contribution is -0.122. The van der Waals surface area contributed by atoms with Gasteiger partial charge < -0.3 is 15.0 Å². The minimum absolute atomic E-state index is 0.0560. The molecule has 1 unspecified atom stereocenters. The van der Waals surface area contributed by atoms with E-state index in [9.17, 15) is 9.59 Å². The molecule has 26 heavy (non-hydrogen) atoms. The predicted octanol–water partition coefficient (Wildman–Crippen LogP) is 2.90. The lowest BCUT2D eigenvalue weighted by Gasteiger charge is -2.47. The van der Waals surface area contributed by atoms with E-state index in [-0.39, 0.29) is 23.3 Å². The summed E-state index contributed by atoms with van der Waals surface area (Å²) in [5.74, 6) is 1.17. The van der Waals surface area contributed by atoms with E-state index in [4.69, 9.17) is 4.74 Å². The van der Waals surface area contributed by atoms with Gasteiger partial charge in [0, 0.05) is 23.0 Å². The Bertz CT molecular complexity index is 726. The van der Waals surface area contributed by atoms with Crippen molar-refractivity contribution in [1.29, 1.82) is 0 Å². The molecule has 3 fully saturated rings. The van der Waals surface area contributed by atoms with Gasteiger partial charge in [-0.1, -0.05) is 15.9 Å². The lowest BCUT2D eigenvalue weighted by atomic mass is 9.85. The standard InChI is InChI=1S/C20H25BrN2O3/c1-13-6-16(4-5-17(13)21)19(25)23-11-20(12-23)8-15(10-26-20)7-18(24)22-9-14-2-3-14/h4-6,14-15H,2-3,7-12H2,1H3,(H,22,24). The Morgan fingerprint density at radius 3 is 2.77 bits per heavy atom. The van der Waals surface area contributed by atoms with Crippen molar-refractivity contribution >= 4 is 27.7 Å². The SMILES string of the molecule is Cc1cc(C(=O)N2CC3(CC(CC(=O)NCC4CC4)CO3)C2)ccc1Br. The number of ether oxygens (including phenoxy) is 1. The van der Waals surface area contributed by atoms with Crippen molar-refractivity contribution in [3.63, 3.8) is 0 Å². The fourth-order valence-corrected chi connectivity index (χ4v) is 4.20. The van der Waals surface area contributed by atoms with Crippen LogP contribution in [0.4, 0.5) is 0 Å². The monoisotopic (exact) mass is 420 g/mol. The van der Waals surface area contributed by atoms with Gasteiger partial charge in [-0.15, -0.1) is 0 Å². The van der Waals surface area contributed by atoms with E-state index in [0.717, 1.165) is 28.6 Å². The van der Waals surface area contributed by atoms with Crippen LogP contribution in [-0.4, -0.2) is 48.6 Å². The highest BCUT2D eigenvalue weighted by molar-refractivity contribution is 9.10. The van der Waals surface area contributed by atoms with Crippen LogP contribution in [0.25, 0.3) is 0 Å². The molecule has 0 aromatic heterocycles. The number of amides is 2. The molecule has 5 nitrogen and oxygen atoms in total. The summed E-state index contributed by atoms with van der Waals surface area (Å²) in [5, 5.41) is 3.03. The van der Waals surface area contributed by atoms with Crippen molar-refractivity contribution in [2.45, 2.75) is 38.2 Å². The van der Waals surface area contributed by atoms with Gasteiger partial charge in [0.1, 0.15) is 5.60 Å². The van der Waals surface area contributed by atoms with Crippen LogP contribution >= 0.6 is 15.9 Å². The zero-order valence-corrected chi connectivity index (χ0v) is 16.7. The van der Waals surface area contributed by atoms with Crippen molar-refractivity contribution in [3.05, 3.63) is 33.8 Å². The number of nitrogens with zero attached hydrogens (tertiary/aromatic N) is 1. The number of hydrogen-bond acceptors (Lipinski definition) is 3. The predicted molar refractivity (Wildman–Crippen MR) is 102 cm³/mol. The Kier molecular flexibility index (Phi) is 4.82. The average molecular weight is 421 g/mol. The summed E-state index contributed by atoms with van der Waals surface area (Å²) in [4.78, 5) is 26.5. The number of nitrogens with one attached hydrogen (secondary N) is 1. The number of rotatable bonds is 5. The third-order valence-corrected chi connectivity index (χ3v) is 6.58. The van der Waals surface area contributed by atoms with Gasteiger partial charge in [0.2, 0.25) is 5.91 Å². The van der Waals surface area contributed by atoms with Gasteiger partial charge in [-0.25, -0.2) is 0 Å². The molecule has 1 saturated carbocycles. The highest BCUT2D eigenvalue weighted by Gasteiger charge is 2.51. The van der Waals surface area contributed by atoms with Gasteiger partial charge in [-0.05, 0) is 61.8 Å². The Morgan fingerprint density at radius 2 is 2.08 bits per heavy atom. The van der Waals surface area contributed by atoms with Crippen LogP contribution in [0.2, 0.25) is 0 Å². The van der Waals surface area contributed by atoms with Crippen LogP contribution in [0.3, 0.4) is 0 Å². The Balaban J connectivity index is 1.26. The third-order valence-electron chi connectivity index (χ3n) is 5.69. The van der Waals surface area contributed by atoms with Crippen LogP contribution in [0, 0.1) is 18.8 Å². The van der Waals surface area contributed by atoms with Gasteiger partial charge in [0.15, 0.2) is 0 Å². The van der Waals surface area contributed by atoms with Crippen molar-refractivity contribution < 1.29 is 14.3 Å². The van der Waals surface area contributed by atoms with Crippen LogP contribution in [0.1, 0.15) is 41.6 Å². The molecule has 1 aliphatic carbocycles. The second kappa shape index (κ2) is 6.97. The van der Waals surface area contributed by atoms with Crippen molar-refractivity contribution in [2.75, 3.05) is 26.2 Å². The quantitative estimate of drug-likeness (QED) is 0.796. The molecule has 2 saturated heterocycles. The second-order valence-corrected chi connectivity index (χ2v) is 9.00. The zero-order valence-electron chi connectivity index (χ0n) is 15.1.